The van der Waals surface area contributed by atoms with Gasteiger partial charge >= 0.3 is 12.0 Å². The number of hydrogen-bond acceptors (Lipinski definition) is 8. The van der Waals surface area contributed by atoms with Gasteiger partial charge in [0.15, 0.2) is 0 Å². The Morgan fingerprint density at radius 1 is 1.10 bits per heavy atom. The van der Waals surface area contributed by atoms with Crippen LogP contribution in [0.1, 0.15) is 5.56 Å². The van der Waals surface area contributed by atoms with E-state index in [2.05, 4.69) is 30.3 Å². The standard InChI is InChI=1S/C17H13F3N6O3/c18-17(19,20)29-13-5-3-12(4-6-13)25-16-14(26(27)28)15(23-10-24-16)22-9-11-2-1-7-21-8-11/h1-8,10H,9H2,(H2,22,23,24,25). The molecule has 1 aromatic carbocycles. The number of benzene rings is 1. The molecule has 0 amide bonds. The lowest BCUT2D eigenvalue weighted by Crippen LogP contribution is -2.17. The highest BCUT2D eigenvalue weighted by Crippen LogP contribution is 2.32. The monoisotopic (exact) mass is 406 g/mol. The van der Waals surface area contributed by atoms with E-state index < -0.39 is 22.7 Å². The fourth-order valence-electron chi connectivity index (χ4n) is 2.34. The summed E-state index contributed by atoms with van der Waals surface area (Å²) in [6, 6.07) is 8.21. The van der Waals surface area contributed by atoms with Crippen molar-refractivity contribution in [3.05, 3.63) is 70.8 Å². The van der Waals surface area contributed by atoms with Gasteiger partial charge in [-0.3, -0.25) is 15.1 Å². The number of nitrogens with zero attached hydrogens (tertiary/aromatic N) is 4. The van der Waals surface area contributed by atoms with Crippen molar-refractivity contribution in [3.8, 4) is 5.75 Å². The molecule has 2 aromatic heterocycles. The lowest BCUT2D eigenvalue weighted by atomic mass is 10.3. The maximum absolute atomic E-state index is 12.2. The van der Waals surface area contributed by atoms with E-state index in [1.54, 1.807) is 24.5 Å². The molecular weight excluding hydrogens is 393 g/mol. The zero-order valence-corrected chi connectivity index (χ0v) is 14.6. The summed E-state index contributed by atoms with van der Waals surface area (Å²) in [6.07, 6.45) is -0.481. The average Bonchev–Trinajstić information content (AvgIpc) is 2.67. The molecule has 2 N–H and O–H groups in total. The van der Waals surface area contributed by atoms with Gasteiger partial charge in [0, 0.05) is 24.6 Å². The number of halogens is 3. The first-order valence-electron chi connectivity index (χ1n) is 8.07. The first kappa shape index (κ1) is 19.8. The van der Waals surface area contributed by atoms with E-state index in [0.29, 0.717) is 0 Å². The van der Waals surface area contributed by atoms with E-state index in [1.807, 2.05) is 0 Å². The van der Waals surface area contributed by atoms with Gasteiger partial charge in [-0.25, -0.2) is 9.97 Å². The van der Waals surface area contributed by atoms with Gasteiger partial charge in [-0.1, -0.05) is 6.07 Å². The molecule has 3 aromatic rings. The van der Waals surface area contributed by atoms with E-state index in [-0.39, 0.29) is 23.9 Å². The van der Waals surface area contributed by atoms with Crippen molar-refractivity contribution in [2.45, 2.75) is 12.9 Å². The molecule has 0 bridgehead atoms. The predicted molar refractivity (Wildman–Crippen MR) is 96.7 cm³/mol. The van der Waals surface area contributed by atoms with Crippen molar-refractivity contribution in [3.63, 3.8) is 0 Å². The van der Waals surface area contributed by atoms with Crippen molar-refractivity contribution in [2.75, 3.05) is 10.6 Å². The Balaban J connectivity index is 1.79. The van der Waals surface area contributed by atoms with Crippen molar-refractivity contribution in [1.82, 2.24) is 15.0 Å². The molecule has 0 unspecified atom stereocenters. The van der Waals surface area contributed by atoms with Crippen LogP contribution in [0.15, 0.2) is 55.1 Å². The lowest BCUT2D eigenvalue weighted by molar-refractivity contribution is -0.383. The number of rotatable bonds is 7. The summed E-state index contributed by atoms with van der Waals surface area (Å²) >= 11 is 0. The number of nitrogens with one attached hydrogen (secondary N) is 2. The Kier molecular flexibility index (Phi) is 5.71. The van der Waals surface area contributed by atoms with Crippen LogP contribution in [0.4, 0.5) is 36.2 Å². The smallest absolute Gasteiger partial charge is 0.406 e. The maximum Gasteiger partial charge on any atom is 0.573 e. The van der Waals surface area contributed by atoms with Gasteiger partial charge in [0.25, 0.3) is 0 Å². The summed E-state index contributed by atoms with van der Waals surface area (Å²) in [5.41, 5.74) is 0.654. The normalized spacial score (nSPS) is 11.0. The third-order valence-electron chi connectivity index (χ3n) is 3.54. The second kappa shape index (κ2) is 8.37. The zero-order valence-electron chi connectivity index (χ0n) is 14.6. The Bertz CT molecular complexity index is 984. The van der Waals surface area contributed by atoms with Gasteiger partial charge in [0.05, 0.1) is 4.92 Å². The quantitative estimate of drug-likeness (QED) is 0.446. The van der Waals surface area contributed by atoms with Gasteiger partial charge in [-0.15, -0.1) is 13.2 Å². The van der Waals surface area contributed by atoms with Crippen LogP contribution in [0, 0.1) is 10.1 Å². The van der Waals surface area contributed by atoms with Gasteiger partial charge in [0.1, 0.15) is 12.1 Å². The van der Waals surface area contributed by atoms with E-state index in [9.17, 15) is 23.3 Å². The molecule has 0 aliphatic heterocycles. The SMILES string of the molecule is O=[N+]([O-])c1c(NCc2cccnc2)ncnc1Nc1ccc(OC(F)(F)F)cc1. The van der Waals surface area contributed by atoms with E-state index in [4.69, 9.17) is 0 Å². The molecule has 0 radical (unpaired) electrons. The fraction of sp³-hybridized carbons (Fsp3) is 0.118. The first-order valence-corrected chi connectivity index (χ1v) is 8.07. The number of hydrogen-bond donors (Lipinski definition) is 2. The molecule has 150 valence electrons. The van der Waals surface area contributed by atoms with Crippen LogP contribution < -0.4 is 15.4 Å². The third kappa shape index (κ3) is 5.51. The van der Waals surface area contributed by atoms with Crippen LogP contribution in [0.3, 0.4) is 0 Å². The van der Waals surface area contributed by atoms with Crippen LogP contribution in [0.2, 0.25) is 0 Å². The summed E-state index contributed by atoms with van der Waals surface area (Å²) < 4.78 is 40.5. The molecule has 3 rings (SSSR count). The van der Waals surface area contributed by atoms with Crippen molar-refractivity contribution in [1.29, 1.82) is 0 Å². The molecule has 0 spiro atoms. The number of pyridine rings is 1. The third-order valence-corrected chi connectivity index (χ3v) is 3.54. The average molecular weight is 406 g/mol. The Morgan fingerprint density at radius 3 is 2.45 bits per heavy atom. The molecule has 0 saturated carbocycles. The van der Waals surface area contributed by atoms with Crippen LogP contribution >= 0.6 is 0 Å². The van der Waals surface area contributed by atoms with Crippen LogP contribution in [-0.4, -0.2) is 26.2 Å². The minimum absolute atomic E-state index is 0.0200. The molecule has 0 fully saturated rings. The summed E-state index contributed by atoms with van der Waals surface area (Å²) in [5, 5.41) is 17.1. The predicted octanol–water partition coefficient (Wildman–Crippen LogP) is 4.03. The number of ether oxygens (including phenoxy) is 1. The summed E-state index contributed by atoms with van der Waals surface area (Å²) in [6.45, 7) is 0.245. The molecule has 29 heavy (non-hydrogen) atoms. The lowest BCUT2D eigenvalue weighted by Gasteiger charge is -2.11. The highest BCUT2D eigenvalue weighted by atomic mass is 19.4. The molecule has 0 atom stereocenters. The minimum Gasteiger partial charge on any atom is -0.406 e. The molecule has 12 heteroatoms. The van der Waals surface area contributed by atoms with Gasteiger partial charge in [-0.05, 0) is 35.9 Å². The van der Waals surface area contributed by atoms with Gasteiger partial charge in [-0.2, -0.15) is 0 Å². The molecule has 2 heterocycles. The summed E-state index contributed by atoms with van der Waals surface area (Å²) in [4.78, 5) is 22.6. The van der Waals surface area contributed by atoms with Crippen LogP contribution in [0.25, 0.3) is 0 Å². The summed E-state index contributed by atoms with van der Waals surface area (Å²) in [5.74, 6) is -0.560. The molecule has 9 nitrogen and oxygen atoms in total. The first-order chi connectivity index (χ1) is 13.8. The Hall–Kier alpha value is -3.96. The van der Waals surface area contributed by atoms with Crippen LogP contribution in [-0.2, 0) is 6.54 Å². The van der Waals surface area contributed by atoms with E-state index in [0.717, 1.165) is 24.0 Å². The van der Waals surface area contributed by atoms with Gasteiger partial charge < -0.3 is 15.4 Å². The second-order valence-electron chi connectivity index (χ2n) is 5.59. The highest BCUT2D eigenvalue weighted by Gasteiger charge is 2.31. The fourth-order valence-corrected chi connectivity index (χ4v) is 2.34. The van der Waals surface area contributed by atoms with Crippen molar-refractivity contribution < 1.29 is 22.8 Å². The molecule has 0 aliphatic carbocycles. The summed E-state index contributed by atoms with van der Waals surface area (Å²) in [7, 11) is 0. The van der Waals surface area contributed by atoms with Crippen molar-refractivity contribution in [2.24, 2.45) is 0 Å². The largest absolute Gasteiger partial charge is 0.573 e. The number of nitro groups is 1. The van der Waals surface area contributed by atoms with Crippen LogP contribution in [0.5, 0.6) is 5.75 Å². The Labute approximate surface area is 161 Å². The molecule has 0 saturated heterocycles. The molecular formula is C17H13F3N6O3. The minimum atomic E-state index is -4.81. The number of aromatic nitrogens is 3. The number of anilines is 3. The van der Waals surface area contributed by atoms with Gasteiger partial charge in [0.2, 0.25) is 11.6 Å². The highest BCUT2D eigenvalue weighted by molar-refractivity contribution is 5.73. The van der Waals surface area contributed by atoms with Crippen molar-refractivity contribution >= 4 is 23.0 Å². The second-order valence-corrected chi connectivity index (χ2v) is 5.59. The maximum atomic E-state index is 12.2. The Morgan fingerprint density at radius 2 is 1.83 bits per heavy atom. The topological polar surface area (TPSA) is 115 Å². The number of alkyl halides is 3. The van der Waals surface area contributed by atoms with E-state index >= 15 is 0 Å². The zero-order chi connectivity index (χ0) is 20.9. The van der Waals surface area contributed by atoms with E-state index in [1.165, 1.54) is 12.1 Å². The molecule has 0 aliphatic rings.